The highest BCUT2D eigenvalue weighted by atomic mass is 16.4. The van der Waals surface area contributed by atoms with Crippen LogP contribution in [0.4, 0.5) is 10.5 Å². The quantitative estimate of drug-likeness (QED) is 0.511. The molecule has 1 aliphatic heterocycles. The second-order valence-corrected chi connectivity index (χ2v) is 7.73. The number of para-hydroxylation sites is 1. The molecule has 2 aromatic carbocycles. The molecule has 1 heterocycles. The average molecular weight is 450 g/mol. The van der Waals surface area contributed by atoms with Crippen molar-refractivity contribution in [2.45, 2.75) is 32.4 Å². The van der Waals surface area contributed by atoms with Gasteiger partial charge in [0.05, 0.1) is 18.7 Å². The number of nitrogens with one attached hydrogen (secondary N) is 2. The van der Waals surface area contributed by atoms with Gasteiger partial charge in [-0.05, 0) is 41.3 Å². The van der Waals surface area contributed by atoms with E-state index in [2.05, 4.69) is 10.6 Å². The van der Waals surface area contributed by atoms with E-state index in [0.717, 1.165) is 28.0 Å². The molecule has 0 fully saturated rings. The molecule has 0 aromatic heterocycles. The maximum absolute atomic E-state index is 13.2. The molecule has 0 spiro atoms. The second-order valence-electron chi connectivity index (χ2n) is 7.73. The maximum atomic E-state index is 13.2. The third-order valence-corrected chi connectivity index (χ3v) is 5.30. The zero-order chi connectivity index (χ0) is 24.0. The number of rotatable bonds is 7. The van der Waals surface area contributed by atoms with Gasteiger partial charge in [0.15, 0.2) is 0 Å². The van der Waals surface area contributed by atoms with E-state index >= 15 is 0 Å². The van der Waals surface area contributed by atoms with E-state index in [1.807, 2.05) is 61.5 Å². The number of carboxylic acids is 1. The molecule has 0 radical (unpaired) electrons. The highest BCUT2D eigenvalue weighted by molar-refractivity contribution is 5.98. The van der Waals surface area contributed by atoms with Crippen molar-refractivity contribution in [3.8, 4) is 0 Å². The topological polar surface area (TPSA) is 142 Å². The SMILES string of the molecule is C/C1=C/c2ccccc2N(C(=O)CCNC(=O)N[C@@H](CC(N)=O)C(=O)O)Cc2ccccc21. The average Bonchev–Trinajstić information content (AvgIpc) is 2.76. The largest absolute Gasteiger partial charge is 0.480 e. The summed E-state index contributed by atoms with van der Waals surface area (Å²) in [4.78, 5) is 49.0. The smallest absolute Gasteiger partial charge is 0.326 e. The van der Waals surface area contributed by atoms with Gasteiger partial charge in [0.1, 0.15) is 6.04 Å². The van der Waals surface area contributed by atoms with Crippen LogP contribution in [0.3, 0.4) is 0 Å². The number of nitrogens with two attached hydrogens (primary N) is 1. The van der Waals surface area contributed by atoms with Crippen molar-refractivity contribution in [2.24, 2.45) is 5.73 Å². The third-order valence-electron chi connectivity index (χ3n) is 5.30. The Bertz CT molecular complexity index is 1110. The van der Waals surface area contributed by atoms with Crippen LogP contribution in [0.1, 0.15) is 36.5 Å². The van der Waals surface area contributed by atoms with E-state index in [4.69, 9.17) is 10.8 Å². The molecule has 1 aliphatic rings. The summed E-state index contributed by atoms with van der Waals surface area (Å²) in [6, 6.07) is 13.3. The number of hydrogen-bond acceptors (Lipinski definition) is 4. The molecule has 3 rings (SSSR count). The predicted molar refractivity (Wildman–Crippen MR) is 124 cm³/mol. The zero-order valence-electron chi connectivity index (χ0n) is 18.2. The van der Waals surface area contributed by atoms with Gasteiger partial charge in [0, 0.05) is 13.0 Å². The van der Waals surface area contributed by atoms with Gasteiger partial charge in [-0.2, -0.15) is 0 Å². The first-order valence-corrected chi connectivity index (χ1v) is 10.5. The van der Waals surface area contributed by atoms with Crippen LogP contribution in [-0.2, 0) is 20.9 Å². The maximum Gasteiger partial charge on any atom is 0.326 e. The Morgan fingerprint density at radius 3 is 2.52 bits per heavy atom. The monoisotopic (exact) mass is 450 g/mol. The van der Waals surface area contributed by atoms with Crippen molar-refractivity contribution in [2.75, 3.05) is 11.4 Å². The summed E-state index contributed by atoms with van der Waals surface area (Å²) < 4.78 is 0. The molecule has 2 aromatic rings. The standard InChI is InChI=1S/C24H26N4O5/c1-15-12-16-6-3-5-9-20(16)28(14-17-7-2-4-8-18(15)17)22(30)10-11-26-24(33)27-19(23(31)32)13-21(25)29/h2-9,12,19H,10-11,13-14H2,1H3,(H2,25,29)(H,31,32)(H2,26,27,33)/b15-12-/t19-/m0/s1. The number of urea groups is 1. The molecule has 9 nitrogen and oxygen atoms in total. The summed E-state index contributed by atoms with van der Waals surface area (Å²) in [6.45, 7) is 2.41. The van der Waals surface area contributed by atoms with E-state index in [-0.39, 0.29) is 18.9 Å². The fraction of sp³-hybridized carbons (Fsp3) is 0.250. The summed E-state index contributed by atoms with van der Waals surface area (Å²) in [5, 5.41) is 13.7. The molecule has 0 bridgehead atoms. The van der Waals surface area contributed by atoms with Gasteiger partial charge < -0.3 is 26.4 Å². The Labute approximate surface area is 191 Å². The molecule has 0 unspecified atom stereocenters. The molecular formula is C24H26N4O5. The van der Waals surface area contributed by atoms with Gasteiger partial charge in [0.2, 0.25) is 11.8 Å². The Hall–Kier alpha value is -4.14. The third kappa shape index (κ3) is 5.97. The molecular weight excluding hydrogens is 424 g/mol. The van der Waals surface area contributed by atoms with E-state index in [1.165, 1.54) is 0 Å². The molecule has 5 N–H and O–H groups in total. The summed E-state index contributed by atoms with van der Waals surface area (Å²) in [5.41, 5.74) is 9.87. The first kappa shape index (κ1) is 23.5. The fourth-order valence-corrected chi connectivity index (χ4v) is 3.72. The highest BCUT2D eigenvalue weighted by Crippen LogP contribution is 2.32. The van der Waals surface area contributed by atoms with Crippen LogP contribution in [0, 0.1) is 0 Å². The molecule has 9 heteroatoms. The van der Waals surface area contributed by atoms with Crippen LogP contribution < -0.4 is 21.3 Å². The number of hydrogen-bond donors (Lipinski definition) is 4. The van der Waals surface area contributed by atoms with Crippen molar-refractivity contribution in [3.05, 3.63) is 65.2 Å². The van der Waals surface area contributed by atoms with Gasteiger partial charge in [-0.3, -0.25) is 9.59 Å². The summed E-state index contributed by atoms with van der Waals surface area (Å²) in [5.74, 6) is -2.42. The van der Waals surface area contributed by atoms with Crippen LogP contribution in [0.25, 0.3) is 11.6 Å². The first-order valence-electron chi connectivity index (χ1n) is 10.5. The number of fused-ring (bicyclic) bond motifs is 2. The highest BCUT2D eigenvalue weighted by Gasteiger charge is 2.24. The van der Waals surface area contributed by atoms with E-state index in [0.29, 0.717) is 6.54 Å². The molecule has 0 saturated carbocycles. The minimum Gasteiger partial charge on any atom is -0.480 e. The number of allylic oxidation sites excluding steroid dienone is 1. The predicted octanol–water partition coefficient (Wildman–Crippen LogP) is 2.11. The summed E-state index contributed by atoms with van der Waals surface area (Å²) in [6.07, 6.45) is 1.52. The van der Waals surface area contributed by atoms with Gasteiger partial charge in [-0.25, -0.2) is 9.59 Å². The molecule has 4 amide bonds. The van der Waals surface area contributed by atoms with Crippen LogP contribution in [-0.4, -0.2) is 41.5 Å². The lowest BCUT2D eigenvalue weighted by molar-refractivity contribution is -0.140. The van der Waals surface area contributed by atoms with Crippen LogP contribution in [0.15, 0.2) is 48.5 Å². The van der Waals surface area contributed by atoms with Gasteiger partial charge >= 0.3 is 12.0 Å². The molecule has 33 heavy (non-hydrogen) atoms. The van der Waals surface area contributed by atoms with Crippen molar-refractivity contribution in [1.29, 1.82) is 0 Å². The lowest BCUT2D eigenvalue weighted by atomic mass is 9.95. The molecule has 0 saturated heterocycles. The number of primary amides is 1. The van der Waals surface area contributed by atoms with Crippen LogP contribution in [0.2, 0.25) is 0 Å². The fourth-order valence-electron chi connectivity index (χ4n) is 3.72. The molecule has 1 atom stereocenters. The number of carbonyl (C=O) groups is 4. The minimum atomic E-state index is -1.44. The number of nitrogens with zero attached hydrogens (tertiary/aromatic N) is 1. The number of amides is 4. The summed E-state index contributed by atoms with van der Waals surface area (Å²) in [7, 11) is 0. The summed E-state index contributed by atoms with van der Waals surface area (Å²) >= 11 is 0. The second kappa shape index (κ2) is 10.4. The first-order chi connectivity index (χ1) is 15.8. The van der Waals surface area contributed by atoms with E-state index in [9.17, 15) is 19.2 Å². The van der Waals surface area contributed by atoms with Crippen molar-refractivity contribution >= 4 is 41.2 Å². The normalized spacial score (nSPS) is 14.9. The molecule has 172 valence electrons. The molecule has 0 aliphatic carbocycles. The van der Waals surface area contributed by atoms with E-state index < -0.39 is 30.4 Å². The number of anilines is 1. The van der Waals surface area contributed by atoms with Crippen LogP contribution >= 0.6 is 0 Å². The Morgan fingerprint density at radius 2 is 1.79 bits per heavy atom. The lowest BCUT2D eigenvalue weighted by Gasteiger charge is -2.28. The lowest BCUT2D eigenvalue weighted by Crippen LogP contribution is -2.48. The van der Waals surface area contributed by atoms with Crippen molar-refractivity contribution < 1.29 is 24.3 Å². The Balaban J connectivity index is 1.71. The number of aliphatic carboxylic acids is 1. The number of carboxylic acid groups (broad SMARTS) is 1. The van der Waals surface area contributed by atoms with Crippen LogP contribution in [0.5, 0.6) is 0 Å². The minimum absolute atomic E-state index is 0.000174. The van der Waals surface area contributed by atoms with Gasteiger partial charge in [-0.1, -0.05) is 42.5 Å². The number of carbonyl (C=O) groups excluding carboxylic acids is 3. The Morgan fingerprint density at radius 1 is 1.09 bits per heavy atom. The zero-order valence-corrected chi connectivity index (χ0v) is 18.2. The Kier molecular flexibility index (Phi) is 7.45. The van der Waals surface area contributed by atoms with Crippen molar-refractivity contribution in [1.82, 2.24) is 10.6 Å². The van der Waals surface area contributed by atoms with E-state index in [1.54, 1.807) is 4.90 Å². The number of benzene rings is 2. The van der Waals surface area contributed by atoms with Gasteiger partial charge in [0.25, 0.3) is 0 Å². The van der Waals surface area contributed by atoms with Gasteiger partial charge in [-0.15, -0.1) is 0 Å². The van der Waals surface area contributed by atoms with Crippen molar-refractivity contribution in [3.63, 3.8) is 0 Å².